The van der Waals surface area contributed by atoms with Gasteiger partial charge in [-0.15, -0.1) is 5.10 Å². The summed E-state index contributed by atoms with van der Waals surface area (Å²) in [4.78, 5) is 16.9. The second kappa shape index (κ2) is 9.58. The first-order valence-corrected chi connectivity index (χ1v) is 11.1. The fraction of sp³-hybridized carbons (Fsp3) is 0.391. The van der Waals surface area contributed by atoms with E-state index in [0.29, 0.717) is 6.42 Å². The Bertz CT molecular complexity index is 1230. The Kier molecular flexibility index (Phi) is 6.47. The van der Waals surface area contributed by atoms with Crippen LogP contribution in [0.25, 0.3) is 11.3 Å². The van der Waals surface area contributed by atoms with Crippen molar-refractivity contribution in [3.63, 3.8) is 0 Å². The molecule has 3 aromatic rings. The van der Waals surface area contributed by atoms with Gasteiger partial charge in [-0.05, 0) is 30.7 Å². The quantitative estimate of drug-likeness (QED) is 0.393. The van der Waals surface area contributed by atoms with E-state index in [0.717, 1.165) is 16.8 Å². The van der Waals surface area contributed by atoms with Crippen LogP contribution in [0, 0.1) is 17.5 Å². The third-order valence-corrected chi connectivity index (χ3v) is 6.22. The normalized spacial score (nSPS) is 27.9. The van der Waals surface area contributed by atoms with Crippen molar-refractivity contribution >= 4 is 5.97 Å². The van der Waals surface area contributed by atoms with Crippen molar-refractivity contribution in [3.8, 4) is 11.3 Å². The van der Waals surface area contributed by atoms with Crippen LogP contribution in [0.2, 0.25) is 0 Å². The summed E-state index contributed by atoms with van der Waals surface area (Å²) in [6, 6.07) is 4.99. The Morgan fingerprint density at radius 3 is 2.67 bits per heavy atom. The molecule has 10 nitrogen and oxygen atoms in total. The van der Waals surface area contributed by atoms with Crippen LogP contribution in [-0.2, 0) is 14.2 Å². The fourth-order valence-electron chi connectivity index (χ4n) is 4.52. The average molecular weight is 506 g/mol. The van der Waals surface area contributed by atoms with Crippen molar-refractivity contribution in [1.29, 1.82) is 0 Å². The molecule has 4 heterocycles. The van der Waals surface area contributed by atoms with E-state index in [2.05, 4.69) is 15.3 Å². The lowest BCUT2D eigenvalue weighted by Gasteiger charge is -2.48. The van der Waals surface area contributed by atoms with E-state index in [1.807, 2.05) is 0 Å². The number of esters is 1. The maximum Gasteiger partial charge on any atom is 0.357 e. The predicted octanol–water partition coefficient (Wildman–Crippen LogP) is 1.78. The standard InChI is InChI=1S/C23H21F3N4O6/c24-13-8-12(9-14(25)18(13)26)16-10-30(29-28-16)19-20(32)17(11-31)36-23(5-3-7-34-23)21(19)35-22(33)15-4-1-2-6-27-15/h1-2,4,6,8-10,17,19-21,31-32H,3,5,7,11H2/t17-,19+,20+,21-,23+/m1/s1. The lowest BCUT2D eigenvalue weighted by molar-refractivity contribution is -0.337. The zero-order chi connectivity index (χ0) is 25.4. The Morgan fingerprint density at radius 1 is 1.25 bits per heavy atom. The SMILES string of the molecule is O=C(O[C@@H]1[C@@H](n2cc(-c3cc(F)c(F)c(F)c3)nn2)[C@@H](O)[C@@H](CO)O[C@@]12CCCO2)c1ccccn1. The van der Waals surface area contributed by atoms with E-state index < -0.39 is 60.2 Å². The van der Waals surface area contributed by atoms with Gasteiger partial charge in [-0.1, -0.05) is 11.3 Å². The van der Waals surface area contributed by atoms with E-state index in [-0.39, 0.29) is 30.0 Å². The van der Waals surface area contributed by atoms with E-state index in [1.54, 1.807) is 12.1 Å². The van der Waals surface area contributed by atoms with E-state index in [9.17, 15) is 28.2 Å². The fourth-order valence-corrected chi connectivity index (χ4v) is 4.52. The number of ether oxygens (including phenoxy) is 3. The first-order valence-electron chi connectivity index (χ1n) is 11.1. The molecule has 0 radical (unpaired) electrons. The van der Waals surface area contributed by atoms with Gasteiger partial charge in [-0.2, -0.15) is 0 Å². The summed E-state index contributed by atoms with van der Waals surface area (Å²) in [6.45, 7) is -0.311. The third kappa shape index (κ3) is 4.23. The molecule has 2 aliphatic rings. The minimum absolute atomic E-state index is 0.000268. The lowest BCUT2D eigenvalue weighted by Crippen LogP contribution is -2.63. The number of hydrogen-bond acceptors (Lipinski definition) is 9. The molecule has 13 heteroatoms. The van der Waals surface area contributed by atoms with Crippen LogP contribution < -0.4 is 0 Å². The highest BCUT2D eigenvalue weighted by Gasteiger charge is 2.60. The Morgan fingerprint density at radius 2 is 2.03 bits per heavy atom. The van der Waals surface area contributed by atoms with E-state index in [4.69, 9.17) is 14.2 Å². The second-order valence-corrected chi connectivity index (χ2v) is 8.46. The Labute approximate surface area is 202 Å². The molecule has 0 bridgehead atoms. The summed E-state index contributed by atoms with van der Waals surface area (Å²) in [5.74, 6) is -6.78. The smallest absolute Gasteiger partial charge is 0.357 e. The molecule has 5 rings (SSSR count). The molecule has 0 unspecified atom stereocenters. The highest BCUT2D eigenvalue weighted by molar-refractivity contribution is 5.87. The highest BCUT2D eigenvalue weighted by Crippen LogP contribution is 2.45. The van der Waals surface area contributed by atoms with Gasteiger partial charge in [0.2, 0.25) is 5.79 Å². The van der Waals surface area contributed by atoms with Crippen molar-refractivity contribution in [2.75, 3.05) is 13.2 Å². The van der Waals surface area contributed by atoms with Crippen molar-refractivity contribution < 1.29 is 42.4 Å². The number of carbonyl (C=O) groups is 1. The van der Waals surface area contributed by atoms with Crippen LogP contribution in [-0.4, -0.2) is 73.5 Å². The van der Waals surface area contributed by atoms with Gasteiger partial charge >= 0.3 is 5.97 Å². The molecule has 1 aromatic carbocycles. The number of rotatable bonds is 5. The molecule has 190 valence electrons. The molecule has 2 fully saturated rings. The summed E-state index contributed by atoms with van der Waals surface area (Å²) in [5, 5.41) is 28.8. The van der Waals surface area contributed by atoms with Crippen molar-refractivity contribution in [2.24, 2.45) is 0 Å². The molecule has 0 aliphatic carbocycles. The van der Waals surface area contributed by atoms with Crippen LogP contribution in [0.3, 0.4) is 0 Å². The van der Waals surface area contributed by atoms with Gasteiger partial charge in [0.15, 0.2) is 23.6 Å². The van der Waals surface area contributed by atoms with Crippen LogP contribution in [0.1, 0.15) is 29.4 Å². The van der Waals surface area contributed by atoms with Gasteiger partial charge in [0.05, 0.1) is 19.4 Å². The molecule has 2 aliphatic heterocycles. The second-order valence-electron chi connectivity index (χ2n) is 8.46. The summed E-state index contributed by atoms with van der Waals surface area (Å²) in [5.41, 5.74) is -0.144. The van der Waals surface area contributed by atoms with Gasteiger partial charge in [0.1, 0.15) is 29.6 Å². The van der Waals surface area contributed by atoms with Gasteiger partial charge in [-0.3, -0.25) is 0 Å². The van der Waals surface area contributed by atoms with Crippen LogP contribution in [0.5, 0.6) is 0 Å². The van der Waals surface area contributed by atoms with Gasteiger partial charge < -0.3 is 24.4 Å². The number of nitrogens with zero attached hydrogens (tertiary/aromatic N) is 4. The van der Waals surface area contributed by atoms with E-state index in [1.165, 1.54) is 18.5 Å². The topological polar surface area (TPSA) is 129 Å². The van der Waals surface area contributed by atoms with E-state index >= 15 is 0 Å². The van der Waals surface area contributed by atoms with Crippen LogP contribution in [0.4, 0.5) is 13.2 Å². The maximum absolute atomic E-state index is 13.8. The predicted molar refractivity (Wildman–Crippen MR) is 114 cm³/mol. The molecule has 2 saturated heterocycles. The summed E-state index contributed by atoms with van der Waals surface area (Å²) in [7, 11) is 0. The molecular formula is C23H21F3N4O6. The molecule has 0 saturated carbocycles. The van der Waals surface area contributed by atoms with Crippen molar-refractivity contribution in [3.05, 3.63) is 65.9 Å². The van der Waals surface area contributed by atoms with Gasteiger partial charge in [0, 0.05) is 18.2 Å². The average Bonchev–Trinajstić information content (AvgIpc) is 3.56. The maximum atomic E-state index is 13.8. The molecule has 36 heavy (non-hydrogen) atoms. The summed E-state index contributed by atoms with van der Waals surface area (Å²) in [6.07, 6.45) is -0.367. The van der Waals surface area contributed by atoms with Crippen LogP contribution >= 0.6 is 0 Å². The van der Waals surface area contributed by atoms with Gasteiger partial charge in [-0.25, -0.2) is 27.6 Å². The van der Waals surface area contributed by atoms with Crippen molar-refractivity contribution in [2.45, 2.75) is 43.0 Å². The monoisotopic (exact) mass is 506 g/mol. The minimum atomic E-state index is -1.63. The van der Waals surface area contributed by atoms with Crippen molar-refractivity contribution in [1.82, 2.24) is 20.0 Å². The molecule has 2 N–H and O–H groups in total. The summed E-state index contributed by atoms with van der Waals surface area (Å²) >= 11 is 0. The number of aliphatic hydroxyl groups is 2. The number of aliphatic hydroxyl groups excluding tert-OH is 2. The Hall–Kier alpha value is -3.39. The largest absolute Gasteiger partial charge is 0.449 e. The summed E-state index contributed by atoms with van der Waals surface area (Å²) < 4.78 is 59.6. The molecular weight excluding hydrogens is 485 g/mol. The number of aromatic nitrogens is 4. The third-order valence-electron chi connectivity index (χ3n) is 6.22. The molecule has 5 atom stereocenters. The molecule has 2 aromatic heterocycles. The molecule has 0 amide bonds. The number of halogens is 3. The zero-order valence-corrected chi connectivity index (χ0v) is 18.6. The first kappa shape index (κ1) is 24.3. The van der Waals surface area contributed by atoms with Gasteiger partial charge in [0.25, 0.3) is 0 Å². The number of carbonyl (C=O) groups excluding carboxylic acids is 1. The highest BCUT2D eigenvalue weighted by atomic mass is 19.2. The number of benzene rings is 1. The number of hydrogen-bond donors (Lipinski definition) is 2. The minimum Gasteiger partial charge on any atom is -0.449 e. The first-order chi connectivity index (χ1) is 17.3. The Balaban J connectivity index is 1.55. The molecule has 1 spiro atoms. The lowest BCUT2D eigenvalue weighted by atomic mass is 9.88. The number of pyridine rings is 1. The van der Waals surface area contributed by atoms with Crippen LogP contribution in [0.15, 0.2) is 42.7 Å². The zero-order valence-electron chi connectivity index (χ0n) is 18.6.